The van der Waals surface area contributed by atoms with Crippen LogP contribution in [-0.2, 0) is 0 Å². The van der Waals surface area contributed by atoms with Crippen LogP contribution in [0.5, 0.6) is 0 Å². The third-order valence-electron chi connectivity index (χ3n) is 10.4. The Kier molecular flexibility index (Phi) is 7.81. The summed E-state index contributed by atoms with van der Waals surface area (Å²) in [6.07, 6.45) is 0. The topological polar surface area (TPSA) is 21.1 Å². The van der Waals surface area contributed by atoms with Gasteiger partial charge in [0.05, 0.1) is 11.0 Å². The average molecular weight is 690 g/mol. The van der Waals surface area contributed by atoms with Gasteiger partial charge < -0.3 is 4.90 Å². The molecule has 8 aromatic rings. The van der Waals surface area contributed by atoms with E-state index in [2.05, 4.69) is 222 Å². The number of hydrogen-bond acceptors (Lipinski definition) is 2. The number of pyridine rings is 1. The van der Waals surface area contributed by atoms with Crippen LogP contribution in [0.2, 0.25) is 0 Å². The number of aromatic nitrogens is 2. The molecule has 0 radical (unpaired) electrons. The molecule has 3 heteroatoms. The third kappa shape index (κ3) is 5.69. The van der Waals surface area contributed by atoms with E-state index in [0.29, 0.717) is 0 Å². The lowest BCUT2D eigenvalue weighted by molar-refractivity contribution is 1.07. The summed E-state index contributed by atoms with van der Waals surface area (Å²) in [6, 6.07) is 75.8. The minimum atomic E-state index is 0.973. The Morgan fingerprint density at radius 2 is 0.796 bits per heavy atom. The predicted octanol–water partition coefficient (Wildman–Crippen LogP) is 13.8. The first-order chi connectivity index (χ1) is 26.8. The van der Waals surface area contributed by atoms with Crippen LogP contribution in [0.1, 0.15) is 0 Å². The highest BCUT2D eigenvalue weighted by atomic mass is 15.1. The molecule has 0 saturated heterocycles. The average Bonchev–Trinajstić information content (AvgIpc) is 3.62. The van der Waals surface area contributed by atoms with Gasteiger partial charge in [0.1, 0.15) is 5.82 Å². The van der Waals surface area contributed by atoms with Crippen LogP contribution in [0.4, 0.5) is 17.1 Å². The summed E-state index contributed by atoms with van der Waals surface area (Å²) in [6.45, 7) is 0. The maximum atomic E-state index is 5.10. The smallest absolute Gasteiger partial charge is 0.146 e. The maximum Gasteiger partial charge on any atom is 0.146 e. The number of para-hydroxylation sites is 2. The maximum absolute atomic E-state index is 5.10. The molecule has 0 spiro atoms. The van der Waals surface area contributed by atoms with Crippen molar-refractivity contribution in [2.75, 3.05) is 4.90 Å². The molecule has 0 amide bonds. The van der Waals surface area contributed by atoms with Crippen molar-refractivity contribution in [2.45, 2.75) is 0 Å². The van der Waals surface area contributed by atoms with Gasteiger partial charge in [-0.1, -0.05) is 146 Å². The number of fused-ring (bicyclic) bond motifs is 4. The SMILES string of the molecule is c1ccc(-c2ccc(N(c3ccc(-c4ccccc4)cc3)c3ccc(-c4ccc(-n5c6nc7ccccc7c-6cc6ccccc65)cc4)cc3)cc2)cc1. The number of benzene rings is 8. The van der Waals surface area contributed by atoms with Crippen molar-refractivity contribution in [1.29, 1.82) is 0 Å². The van der Waals surface area contributed by atoms with Crippen LogP contribution in [0.3, 0.4) is 0 Å². The molecule has 10 rings (SSSR count). The normalized spacial score (nSPS) is 11.3. The highest BCUT2D eigenvalue weighted by molar-refractivity contribution is 6.01. The second-order valence-corrected chi connectivity index (χ2v) is 13.7. The number of anilines is 3. The number of nitrogens with zero attached hydrogens (tertiary/aromatic N) is 3. The molecule has 0 saturated carbocycles. The quantitative estimate of drug-likeness (QED) is 0.166. The second-order valence-electron chi connectivity index (χ2n) is 13.7. The van der Waals surface area contributed by atoms with E-state index < -0.39 is 0 Å². The van der Waals surface area contributed by atoms with Crippen LogP contribution >= 0.6 is 0 Å². The summed E-state index contributed by atoms with van der Waals surface area (Å²) >= 11 is 0. The largest absolute Gasteiger partial charge is 0.311 e. The Morgan fingerprint density at radius 1 is 0.370 bits per heavy atom. The Hall–Kier alpha value is -7.23. The Bertz CT molecular complexity index is 2740. The van der Waals surface area contributed by atoms with Gasteiger partial charge in [-0.3, -0.25) is 4.57 Å². The van der Waals surface area contributed by atoms with Gasteiger partial charge in [0, 0.05) is 33.7 Å². The molecule has 54 heavy (non-hydrogen) atoms. The zero-order chi connectivity index (χ0) is 35.8. The fraction of sp³-hybridized carbons (Fsp3) is 0. The van der Waals surface area contributed by atoms with E-state index >= 15 is 0 Å². The number of hydrogen-bond donors (Lipinski definition) is 0. The second kappa shape index (κ2) is 13.4. The minimum absolute atomic E-state index is 0.973. The van der Waals surface area contributed by atoms with Crippen LogP contribution in [-0.4, -0.2) is 9.55 Å². The molecule has 0 fully saturated rings. The molecule has 254 valence electrons. The van der Waals surface area contributed by atoms with Gasteiger partial charge in [-0.05, 0) is 105 Å². The molecule has 2 aliphatic heterocycles. The highest BCUT2D eigenvalue weighted by Crippen LogP contribution is 2.39. The lowest BCUT2D eigenvalue weighted by Gasteiger charge is -2.26. The first-order valence-electron chi connectivity index (χ1n) is 18.4. The first kappa shape index (κ1) is 31.5. The molecule has 8 aromatic carbocycles. The lowest BCUT2D eigenvalue weighted by atomic mass is 10.0. The molecule has 0 unspecified atom stereocenters. The molecule has 0 aromatic heterocycles. The van der Waals surface area contributed by atoms with Gasteiger partial charge in [-0.25, -0.2) is 4.98 Å². The summed E-state index contributed by atoms with van der Waals surface area (Å²) in [5.74, 6) is 0.973. The van der Waals surface area contributed by atoms with Crippen molar-refractivity contribution >= 4 is 38.9 Å². The monoisotopic (exact) mass is 689 g/mol. The van der Waals surface area contributed by atoms with Crippen LogP contribution < -0.4 is 4.90 Å². The summed E-state index contributed by atoms with van der Waals surface area (Å²) in [5.41, 5.74) is 14.8. The van der Waals surface area contributed by atoms with E-state index in [4.69, 9.17) is 4.98 Å². The molecular weight excluding hydrogens is 655 g/mol. The first-order valence-corrected chi connectivity index (χ1v) is 18.4. The Labute approximate surface area is 315 Å². The van der Waals surface area contributed by atoms with Gasteiger partial charge in [0.25, 0.3) is 0 Å². The van der Waals surface area contributed by atoms with Gasteiger partial charge >= 0.3 is 0 Å². The van der Waals surface area contributed by atoms with Crippen LogP contribution in [0.25, 0.3) is 72.3 Å². The van der Waals surface area contributed by atoms with Crippen molar-refractivity contribution in [2.24, 2.45) is 0 Å². The summed E-state index contributed by atoms with van der Waals surface area (Å²) in [4.78, 5) is 7.43. The molecular formula is C51H35N3. The Balaban J connectivity index is 0.998. The van der Waals surface area contributed by atoms with E-state index in [9.17, 15) is 0 Å². The molecule has 0 bridgehead atoms. The predicted molar refractivity (Wildman–Crippen MR) is 226 cm³/mol. The molecule has 2 heterocycles. The standard InChI is InChI=1S/C51H35N3/c1-3-11-36(12-4-1)38-19-27-43(28-20-38)53(44-29-21-39(22-30-44)37-13-5-2-6-14-37)45-31-23-40(24-32-45)41-25-33-46(34-26-41)54-50-18-10-7-15-42(50)35-48-47-16-8-9-17-49(47)52-51(48)54/h1-35H. The third-order valence-corrected chi connectivity index (χ3v) is 10.4. The van der Waals surface area contributed by atoms with E-state index in [1.54, 1.807) is 0 Å². The minimum Gasteiger partial charge on any atom is -0.311 e. The van der Waals surface area contributed by atoms with Crippen molar-refractivity contribution in [3.05, 3.63) is 212 Å². The van der Waals surface area contributed by atoms with E-state index in [1.165, 1.54) is 33.0 Å². The molecule has 0 N–H and O–H groups in total. The van der Waals surface area contributed by atoms with E-state index in [1.807, 2.05) is 0 Å². The van der Waals surface area contributed by atoms with Crippen molar-refractivity contribution in [3.8, 4) is 50.5 Å². The summed E-state index contributed by atoms with van der Waals surface area (Å²) in [7, 11) is 0. The van der Waals surface area contributed by atoms with Crippen molar-refractivity contribution in [3.63, 3.8) is 0 Å². The summed E-state index contributed by atoms with van der Waals surface area (Å²) in [5, 5.41) is 2.37. The summed E-state index contributed by atoms with van der Waals surface area (Å²) < 4.78 is 2.29. The van der Waals surface area contributed by atoms with Crippen LogP contribution in [0, 0.1) is 0 Å². The molecule has 0 atom stereocenters. The molecule has 3 nitrogen and oxygen atoms in total. The fourth-order valence-electron chi connectivity index (χ4n) is 7.67. The zero-order valence-corrected chi connectivity index (χ0v) is 29.5. The number of rotatable bonds is 7. The van der Waals surface area contributed by atoms with Crippen molar-refractivity contribution < 1.29 is 0 Å². The zero-order valence-electron chi connectivity index (χ0n) is 29.5. The molecule has 0 aliphatic carbocycles. The van der Waals surface area contributed by atoms with Crippen molar-refractivity contribution in [1.82, 2.24) is 9.55 Å². The van der Waals surface area contributed by atoms with Gasteiger partial charge in [0.15, 0.2) is 0 Å². The molecule has 2 aliphatic rings. The van der Waals surface area contributed by atoms with E-state index in [0.717, 1.165) is 56.3 Å². The van der Waals surface area contributed by atoms with Crippen LogP contribution in [0.15, 0.2) is 212 Å². The van der Waals surface area contributed by atoms with Gasteiger partial charge in [-0.15, -0.1) is 0 Å². The lowest BCUT2D eigenvalue weighted by Crippen LogP contribution is -2.09. The van der Waals surface area contributed by atoms with E-state index in [-0.39, 0.29) is 0 Å². The van der Waals surface area contributed by atoms with Gasteiger partial charge in [0.2, 0.25) is 0 Å². The fourth-order valence-corrected chi connectivity index (χ4v) is 7.67. The van der Waals surface area contributed by atoms with Gasteiger partial charge in [-0.2, -0.15) is 0 Å². The highest BCUT2D eigenvalue weighted by Gasteiger charge is 2.19. The Morgan fingerprint density at radius 3 is 1.33 bits per heavy atom.